The lowest BCUT2D eigenvalue weighted by atomic mass is 9.49. The van der Waals surface area contributed by atoms with E-state index < -0.39 is 0 Å². The van der Waals surface area contributed by atoms with Crippen molar-refractivity contribution in [1.29, 1.82) is 0 Å². The summed E-state index contributed by atoms with van der Waals surface area (Å²) in [4.78, 5) is 0. The minimum atomic E-state index is 0.806. The quantitative estimate of drug-likeness (QED) is 0.745. The highest BCUT2D eigenvalue weighted by Crippen LogP contribution is 2.58. The van der Waals surface area contributed by atoms with Crippen molar-refractivity contribution in [1.82, 2.24) is 5.32 Å². The Kier molecular flexibility index (Phi) is 4.22. The van der Waals surface area contributed by atoms with Gasteiger partial charge in [0.2, 0.25) is 0 Å². The van der Waals surface area contributed by atoms with E-state index in [9.17, 15) is 0 Å². The van der Waals surface area contributed by atoms with Crippen molar-refractivity contribution in [3.8, 4) is 0 Å². The first kappa shape index (κ1) is 13.9. The van der Waals surface area contributed by atoms with Crippen LogP contribution >= 0.6 is 0 Å². The Morgan fingerprint density at radius 1 is 0.947 bits per heavy atom. The molecule has 0 saturated heterocycles. The van der Waals surface area contributed by atoms with Gasteiger partial charge in [-0.1, -0.05) is 27.2 Å². The molecule has 4 bridgehead atoms. The fraction of sp³-hybridized carbons (Fsp3) is 1.00. The molecule has 0 aromatic carbocycles. The first-order valence-corrected chi connectivity index (χ1v) is 8.96. The maximum absolute atomic E-state index is 3.90. The van der Waals surface area contributed by atoms with Gasteiger partial charge in [0.05, 0.1) is 0 Å². The van der Waals surface area contributed by atoms with Gasteiger partial charge in [-0.3, -0.25) is 0 Å². The molecule has 4 fully saturated rings. The van der Waals surface area contributed by atoms with E-state index in [-0.39, 0.29) is 0 Å². The highest BCUT2D eigenvalue weighted by atomic mass is 14.9. The molecule has 0 aromatic heterocycles. The van der Waals surface area contributed by atoms with E-state index in [1.54, 1.807) is 32.1 Å². The lowest BCUT2D eigenvalue weighted by Gasteiger charge is -2.57. The predicted octanol–water partition coefficient (Wildman–Crippen LogP) is 4.47. The molecule has 0 radical (unpaired) electrons. The second-order valence-corrected chi connectivity index (χ2v) is 7.86. The molecule has 0 heterocycles. The second-order valence-electron chi connectivity index (χ2n) is 7.86. The number of nitrogens with one attached hydrogen (secondary N) is 1. The Bertz CT molecular complexity index is 270. The number of hydrogen-bond donors (Lipinski definition) is 1. The van der Waals surface area contributed by atoms with Gasteiger partial charge in [0, 0.05) is 6.04 Å². The van der Waals surface area contributed by atoms with Crippen LogP contribution in [0.3, 0.4) is 0 Å². The molecule has 110 valence electrons. The van der Waals surface area contributed by atoms with Crippen LogP contribution in [0.5, 0.6) is 0 Å². The van der Waals surface area contributed by atoms with Crippen LogP contribution in [0, 0.1) is 35.5 Å². The molecule has 0 spiro atoms. The van der Waals surface area contributed by atoms with Crippen LogP contribution in [0.2, 0.25) is 0 Å². The third kappa shape index (κ3) is 2.60. The normalized spacial score (nSPS) is 43.4. The van der Waals surface area contributed by atoms with Crippen LogP contribution in [-0.4, -0.2) is 12.6 Å². The summed E-state index contributed by atoms with van der Waals surface area (Å²) in [5.74, 6) is 6.24. The van der Waals surface area contributed by atoms with Gasteiger partial charge in [0.15, 0.2) is 0 Å². The fourth-order valence-corrected chi connectivity index (χ4v) is 6.14. The van der Waals surface area contributed by atoms with Crippen LogP contribution in [0.4, 0.5) is 0 Å². The van der Waals surface area contributed by atoms with Gasteiger partial charge in [-0.05, 0) is 80.6 Å². The first-order chi connectivity index (χ1) is 9.22. The zero-order valence-corrected chi connectivity index (χ0v) is 13.2. The SMILES string of the molecule is CCCC(C)C(NCC)C1C2CC3CC(C2)CC1C3. The smallest absolute Gasteiger partial charge is 0.0126 e. The molecule has 2 unspecified atom stereocenters. The Hall–Kier alpha value is -0.0400. The summed E-state index contributed by atoms with van der Waals surface area (Å²) < 4.78 is 0. The number of rotatable bonds is 6. The summed E-state index contributed by atoms with van der Waals surface area (Å²) >= 11 is 0. The largest absolute Gasteiger partial charge is 0.314 e. The Balaban J connectivity index is 1.74. The van der Waals surface area contributed by atoms with E-state index >= 15 is 0 Å². The zero-order chi connectivity index (χ0) is 13.4. The topological polar surface area (TPSA) is 12.0 Å². The predicted molar refractivity (Wildman–Crippen MR) is 82.1 cm³/mol. The molecule has 0 amide bonds. The van der Waals surface area contributed by atoms with E-state index in [0.29, 0.717) is 0 Å². The van der Waals surface area contributed by atoms with Crippen molar-refractivity contribution in [2.24, 2.45) is 35.5 Å². The van der Waals surface area contributed by atoms with Crippen LogP contribution < -0.4 is 5.32 Å². The van der Waals surface area contributed by atoms with E-state index in [1.165, 1.54) is 12.8 Å². The van der Waals surface area contributed by atoms with Crippen LogP contribution in [0.25, 0.3) is 0 Å². The molecular formula is C18H33N. The van der Waals surface area contributed by atoms with Gasteiger partial charge < -0.3 is 5.32 Å². The van der Waals surface area contributed by atoms with E-state index in [1.807, 2.05) is 0 Å². The highest BCUT2D eigenvalue weighted by molar-refractivity contribution is 5.02. The third-order valence-corrected chi connectivity index (χ3v) is 6.51. The van der Waals surface area contributed by atoms with Crippen molar-refractivity contribution < 1.29 is 0 Å². The minimum absolute atomic E-state index is 0.806. The molecule has 4 rings (SSSR count). The summed E-state index contributed by atoms with van der Waals surface area (Å²) in [6, 6.07) is 0.806. The van der Waals surface area contributed by atoms with Crippen molar-refractivity contribution in [3.05, 3.63) is 0 Å². The lowest BCUT2D eigenvalue weighted by molar-refractivity contribution is -0.0597. The van der Waals surface area contributed by atoms with Crippen LogP contribution in [-0.2, 0) is 0 Å². The Labute approximate surface area is 119 Å². The highest BCUT2D eigenvalue weighted by Gasteiger charge is 2.50. The van der Waals surface area contributed by atoms with E-state index in [4.69, 9.17) is 0 Å². The van der Waals surface area contributed by atoms with Gasteiger partial charge >= 0.3 is 0 Å². The van der Waals surface area contributed by atoms with Crippen molar-refractivity contribution in [3.63, 3.8) is 0 Å². The maximum atomic E-state index is 3.90. The minimum Gasteiger partial charge on any atom is -0.314 e. The standard InChI is InChI=1S/C18H33N/c1-4-6-12(3)18(19-5-2)17-15-8-13-7-14(10-15)11-16(17)9-13/h12-19H,4-11H2,1-3H3. The van der Waals surface area contributed by atoms with Gasteiger partial charge in [-0.15, -0.1) is 0 Å². The molecule has 1 nitrogen and oxygen atoms in total. The van der Waals surface area contributed by atoms with Gasteiger partial charge in [-0.2, -0.15) is 0 Å². The molecule has 2 atom stereocenters. The van der Waals surface area contributed by atoms with Gasteiger partial charge in [0.25, 0.3) is 0 Å². The molecule has 1 N–H and O–H groups in total. The fourth-order valence-electron chi connectivity index (χ4n) is 6.14. The molecule has 19 heavy (non-hydrogen) atoms. The van der Waals surface area contributed by atoms with Crippen molar-refractivity contribution >= 4 is 0 Å². The molecule has 1 heteroatoms. The zero-order valence-electron chi connectivity index (χ0n) is 13.2. The summed E-state index contributed by atoms with van der Waals surface area (Å²) in [5.41, 5.74) is 0. The molecular weight excluding hydrogens is 230 g/mol. The monoisotopic (exact) mass is 263 g/mol. The van der Waals surface area contributed by atoms with Crippen LogP contribution in [0.15, 0.2) is 0 Å². The maximum Gasteiger partial charge on any atom is 0.0126 e. The summed E-state index contributed by atoms with van der Waals surface area (Å²) in [6.07, 6.45) is 10.6. The summed E-state index contributed by atoms with van der Waals surface area (Å²) in [5, 5.41) is 3.90. The first-order valence-electron chi connectivity index (χ1n) is 8.96. The molecule has 4 saturated carbocycles. The van der Waals surface area contributed by atoms with Gasteiger partial charge in [0.1, 0.15) is 0 Å². The van der Waals surface area contributed by atoms with E-state index in [2.05, 4.69) is 26.1 Å². The molecule has 0 aromatic rings. The summed E-state index contributed by atoms with van der Waals surface area (Å²) in [6.45, 7) is 8.29. The lowest BCUT2D eigenvalue weighted by Crippen LogP contribution is -2.55. The second kappa shape index (κ2) is 5.76. The molecule has 4 aliphatic carbocycles. The molecule has 4 aliphatic rings. The molecule has 0 aliphatic heterocycles. The van der Waals surface area contributed by atoms with E-state index in [0.717, 1.165) is 48.1 Å². The number of hydrogen-bond acceptors (Lipinski definition) is 1. The Morgan fingerprint density at radius 2 is 1.53 bits per heavy atom. The average molecular weight is 263 g/mol. The van der Waals surface area contributed by atoms with Crippen LogP contribution in [0.1, 0.15) is 65.7 Å². The third-order valence-electron chi connectivity index (χ3n) is 6.51. The van der Waals surface area contributed by atoms with Crippen molar-refractivity contribution in [2.45, 2.75) is 71.8 Å². The Morgan fingerprint density at radius 3 is 2.00 bits per heavy atom. The summed E-state index contributed by atoms with van der Waals surface area (Å²) in [7, 11) is 0. The van der Waals surface area contributed by atoms with Crippen molar-refractivity contribution in [2.75, 3.05) is 6.54 Å². The van der Waals surface area contributed by atoms with Gasteiger partial charge in [-0.25, -0.2) is 0 Å². The average Bonchev–Trinajstić information content (AvgIpc) is 2.36.